The molecule has 2 heterocycles. The van der Waals surface area contributed by atoms with E-state index in [4.69, 9.17) is 16.3 Å². The lowest BCUT2D eigenvalue weighted by molar-refractivity contribution is -0.139. The number of aliphatic hydroxyl groups excluding tert-OH is 1. The molecule has 104 valence electrons. The van der Waals surface area contributed by atoms with E-state index in [9.17, 15) is 9.90 Å². The van der Waals surface area contributed by atoms with Gasteiger partial charge in [0, 0.05) is 13.1 Å². The molecule has 1 aromatic heterocycles. The van der Waals surface area contributed by atoms with E-state index in [0.29, 0.717) is 13.1 Å². The predicted molar refractivity (Wildman–Crippen MR) is 69.0 cm³/mol. The number of hydrogen-bond donors (Lipinski definition) is 1. The molecule has 1 atom stereocenters. The van der Waals surface area contributed by atoms with Crippen molar-refractivity contribution >= 4 is 17.5 Å². The summed E-state index contributed by atoms with van der Waals surface area (Å²) in [5.41, 5.74) is -0.264. The van der Waals surface area contributed by atoms with E-state index in [1.807, 2.05) is 13.8 Å². The molecule has 1 amide bonds. The van der Waals surface area contributed by atoms with Gasteiger partial charge in [0.05, 0.1) is 30.7 Å². The summed E-state index contributed by atoms with van der Waals surface area (Å²) in [5, 5.41) is 9.46. The zero-order valence-electron chi connectivity index (χ0n) is 10.8. The maximum absolute atomic E-state index is 12.3. The summed E-state index contributed by atoms with van der Waals surface area (Å²) < 4.78 is 5.66. The van der Waals surface area contributed by atoms with Crippen LogP contribution in [0.4, 0.5) is 0 Å². The first-order chi connectivity index (χ1) is 8.91. The van der Waals surface area contributed by atoms with Crippen LogP contribution in [-0.2, 0) is 4.74 Å². The van der Waals surface area contributed by atoms with Gasteiger partial charge in [0.2, 0.25) is 0 Å². The van der Waals surface area contributed by atoms with Crippen LogP contribution in [0.3, 0.4) is 0 Å². The average molecular weight is 286 g/mol. The van der Waals surface area contributed by atoms with Crippen LogP contribution in [-0.4, -0.2) is 57.3 Å². The topological polar surface area (TPSA) is 75.6 Å². The first kappa shape index (κ1) is 14.2. The van der Waals surface area contributed by atoms with Gasteiger partial charge in [0.1, 0.15) is 10.8 Å². The summed E-state index contributed by atoms with van der Waals surface area (Å²) in [6, 6.07) is 0. The number of ether oxygens (including phenoxy) is 1. The van der Waals surface area contributed by atoms with Crippen LogP contribution in [0.25, 0.3) is 0 Å². The molecule has 6 nitrogen and oxygen atoms in total. The Balaban J connectivity index is 2.16. The summed E-state index contributed by atoms with van der Waals surface area (Å²) in [7, 11) is 0. The van der Waals surface area contributed by atoms with Gasteiger partial charge in [0.15, 0.2) is 0 Å². The van der Waals surface area contributed by atoms with Gasteiger partial charge in [-0.15, -0.1) is 0 Å². The smallest absolute Gasteiger partial charge is 0.274 e. The Hall–Kier alpha value is -1.24. The van der Waals surface area contributed by atoms with Crippen LogP contribution < -0.4 is 0 Å². The SMILES string of the molecule is CC1(C)CN(C(=O)c2cnc(Cl)cn2)CC(CO)O1. The van der Waals surface area contributed by atoms with Crippen molar-refractivity contribution < 1.29 is 14.6 Å². The second-order valence-electron chi connectivity index (χ2n) is 5.09. The van der Waals surface area contributed by atoms with E-state index in [0.717, 1.165) is 0 Å². The zero-order chi connectivity index (χ0) is 14.0. The van der Waals surface area contributed by atoms with Crippen molar-refractivity contribution in [3.8, 4) is 0 Å². The fourth-order valence-corrected chi connectivity index (χ4v) is 2.23. The highest BCUT2D eigenvalue weighted by Gasteiger charge is 2.35. The fraction of sp³-hybridized carbons (Fsp3) is 0.583. The Labute approximate surface area is 116 Å². The molecule has 1 unspecified atom stereocenters. The fourth-order valence-electron chi connectivity index (χ4n) is 2.13. The Morgan fingerprint density at radius 1 is 1.58 bits per heavy atom. The van der Waals surface area contributed by atoms with Crippen molar-refractivity contribution in [2.45, 2.75) is 25.6 Å². The van der Waals surface area contributed by atoms with Crippen LogP contribution in [0.1, 0.15) is 24.3 Å². The standard InChI is InChI=1S/C12H16ClN3O3/c1-12(2)7-16(5-8(6-17)19-12)11(18)9-3-15-10(13)4-14-9/h3-4,8,17H,5-7H2,1-2H3. The molecule has 1 aromatic rings. The monoisotopic (exact) mass is 285 g/mol. The number of nitrogens with zero attached hydrogens (tertiary/aromatic N) is 3. The van der Waals surface area contributed by atoms with Gasteiger partial charge in [-0.2, -0.15) is 0 Å². The minimum atomic E-state index is -0.499. The Morgan fingerprint density at radius 2 is 2.32 bits per heavy atom. The Kier molecular flexibility index (Phi) is 4.03. The highest BCUT2D eigenvalue weighted by molar-refractivity contribution is 6.29. The molecule has 0 aliphatic carbocycles. The molecular weight excluding hydrogens is 270 g/mol. The third kappa shape index (κ3) is 3.40. The number of hydrogen-bond acceptors (Lipinski definition) is 5. The highest BCUT2D eigenvalue weighted by Crippen LogP contribution is 2.22. The number of carbonyl (C=O) groups excluding carboxylic acids is 1. The van der Waals surface area contributed by atoms with Crippen LogP contribution in [0.15, 0.2) is 12.4 Å². The molecule has 0 spiro atoms. The van der Waals surface area contributed by atoms with Gasteiger partial charge in [-0.3, -0.25) is 4.79 Å². The van der Waals surface area contributed by atoms with Gasteiger partial charge in [-0.25, -0.2) is 9.97 Å². The summed E-state index contributed by atoms with van der Waals surface area (Å²) in [6.45, 7) is 4.40. The maximum Gasteiger partial charge on any atom is 0.274 e. The van der Waals surface area contributed by atoms with Crippen LogP contribution in [0, 0.1) is 0 Å². The van der Waals surface area contributed by atoms with Crippen LogP contribution >= 0.6 is 11.6 Å². The van der Waals surface area contributed by atoms with Crippen LogP contribution in [0.2, 0.25) is 5.15 Å². The molecule has 7 heteroatoms. The quantitative estimate of drug-likeness (QED) is 0.867. The average Bonchev–Trinajstić information content (AvgIpc) is 2.37. The summed E-state index contributed by atoms with van der Waals surface area (Å²) >= 11 is 5.64. The third-order valence-corrected chi connectivity index (χ3v) is 3.01. The summed E-state index contributed by atoms with van der Waals surface area (Å²) in [6.07, 6.45) is 2.30. The van der Waals surface area contributed by atoms with Crippen molar-refractivity contribution in [2.75, 3.05) is 19.7 Å². The molecule has 1 N–H and O–H groups in total. The zero-order valence-corrected chi connectivity index (χ0v) is 11.6. The molecule has 1 aliphatic heterocycles. The van der Waals surface area contributed by atoms with Crippen molar-refractivity contribution in [1.82, 2.24) is 14.9 Å². The van der Waals surface area contributed by atoms with Crippen molar-refractivity contribution in [1.29, 1.82) is 0 Å². The summed E-state index contributed by atoms with van der Waals surface area (Å²) in [5.74, 6) is -0.237. The number of halogens is 1. The minimum absolute atomic E-state index is 0.125. The predicted octanol–water partition coefficient (Wildman–Crippen LogP) is 0.742. The molecule has 1 saturated heterocycles. The molecule has 2 rings (SSSR count). The van der Waals surface area contributed by atoms with E-state index in [1.165, 1.54) is 12.4 Å². The van der Waals surface area contributed by atoms with E-state index in [2.05, 4.69) is 9.97 Å². The maximum atomic E-state index is 12.3. The van der Waals surface area contributed by atoms with Gasteiger partial charge in [0.25, 0.3) is 5.91 Å². The largest absolute Gasteiger partial charge is 0.394 e. The first-order valence-corrected chi connectivity index (χ1v) is 6.34. The van der Waals surface area contributed by atoms with Gasteiger partial charge in [-0.1, -0.05) is 11.6 Å². The summed E-state index contributed by atoms with van der Waals surface area (Å²) in [4.78, 5) is 21.7. The van der Waals surface area contributed by atoms with Crippen molar-refractivity contribution in [3.05, 3.63) is 23.2 Å². The first-order valence-electron chi connectivity index (χ1n) is 5.97. The lowest BCUT2D eigenvalue weighted by atomic mass is 10.0. The normalized spacial score (nSPS) is 22.3. The van der Waals surface area contributed by atoms with Crippen molar-refractivity contribution in [3.63, 3.8) is 0 Å². The third-order valence-electron chi connectivity index (χ3n) is 2.81. The van der Waals surface area contributed by atoms with Gasteiger partial charge >= 0.3 is 0 Å². The molecule has 1 fully saturated rings. The number of morpholine rings is 1. The second kappa shape index (κ2) is 5.40. The number of carbonyl (C=O) groups is 1. The number of amides is 1. The highest BCUT2D eigenvalue weighted by atomic mass is 35.5. The molecule has 1 aliphatic rings. The van der Waals surface area contributed by atoms with E-state index >= 15 is 0 Å². The molecule has 0 radical (unpaired) electrons. The molecular formula is C12H16ClN3O3. The van der Waals surface area contributed by atoms with Crippen molar-refractivity contribution in [2.24, 2.45) is 0 Å². The number of rotatable bonds is 2. The van der Waals surface area contributed by atoms with E-state index in [-0.39, 0.29) is 29.5 Å². The van der Waals surface area contributed by atoms with Gasteiger partial charge in [-0.05, 0) is 13.8 Å². The van der Waals surface area contributed by atoms with E-state index < -0.39 is 5.60 Å². The minimum Gasteiger partial charge on any atom is -0.394 e. The molecule has 0 bridgehead atoms. The van der Waals surface area contributed by atoms with Gasteiger partial charge < -0.3 is 14.7 Å². The lowest BCUT2D eigenvalue weighted by Gasteiger charge is -2.42. The van der Waals surface area contributed by atoms with E-state index in [1.54, 1.807) is 4.90 Å². The molecule has 0 saturated carbocycles. The lowest BCUT2D eigenvalue weighted by Crippen LogP contribution is -2.55. The Morgan fingerprint density at radius 3 is 2.89 bits per heavy atom. The number of aromatic nitrogens is 2. The second-order valence-corrected chi connectivity index (χ2v) is 5.48. The van der Waals surface area contributed by atoms with Crippen LogP contribution in [0.5, 0.6) is 0 Å². The Bertz CT molecular complexity index is 464. The molecule has 0 aromatic carbocycles. The number of aliphatic hydroxyl groups is 1. The molecule has 19 heavy (non-hydrogen) atoms.